The SMILES string of the molecule is CCCCCCCCCCCCCCCC(=O)OC[C@H](CSC[C@H](N)C(=O)C[C@H](CO)C(=O)NCc1ccc(Cn2c(CCCC)nc3c(N)nc4ccccc4c32)cc1)OC(=O)CCCCCCCCCCCCCCC. The molecule has 0 fully saturated rings. The number of carbonyl (C=O) groups is 4. The Kier molecular flexibility index (Phi) is 34.4. The summed E-state index contributed by atoms with van der Waals surface area (Å²) in [6, 6.07) is 15.1. The maximum Gasteiger partial charge on any atom is 0.306 e. The highest BCUT2D eigenvalue weighted by atomic mass is 32.2. The number of esters is 2. The average Bonchev–Trinajstić information content (AvgIpc) is 3.84. The van der Waals surface area contributed by atoms with Gasteiger partial charge in [-0.3, -0.25) is 19.2 Å². The Morgan fingerprint density at radius 1 is 0.641 bits per heavy atom. The minimum Gasteiger partial charge on any atom is -0.462 e. The normalized spacial score (nSPS) is 12.7. The first-order chi connectivity index (χ1) is 38.1. The molecule has 0 unspecified atom stereocenters. The van der Waals surface area contributed by atoms with Crippen molar-refractivity contribution in [1.29, 1.82) is 0 Å². The van der Waals surface area contributed by atoms with E-state index in [0.29, 0.717) is 36.5 Å². The van der Waals surface area contributed by atoms with Crippen LogP contribution in [0.25, 0.3) is 21.9 Å². The number of aliphatic hydroxyl groups is 1. The number of nitrogens with zero attached hydrogens (tertiary/aromatic N) is 3. The zero-order valence-corrected chi connectivity index (χ0v) is 49.3. The van der Waals surface area contributed by atoms with Gasteiger partial charge in [-0.2, -0.15) is 11.8 Å². The third-order valence-electron chi connectivity index (χ3n) is 15.0. The smallest absolute Gasteiger partial charge is 0.306 e. The van der Waals surface area contributed by atoms with Crippen molar-refractivity contribution in [3.63, 3.8) is 0 Å². The number of anilines is 1. The number of pyridine rings is 1. The summed E-state index contributed by atoms with van der Waals surface area (Å²) < 4.78 is 13.8. The van der Waals surface area contributed by atoms with Crippen LogP contribution in [0.5, 0.6) is 0 Å². The maximum absolute atomic E-state index is 13.4. The van der Waals surface area contributed by atoms with Crippen LogP contribution in [-0.4, -0.2) is 80.1 Å². The van der Waals surface area contributed by atoms with Gasteiger partial charge in [0.2, 0.25) is 5.91 Å². The predicted molar refractivity (Wildman–Crippen MR) is 322 cm³/mol. The number of Topliss-reactive ketones (excluding diaryl/α,β-unsaturated/α-hetero) is 1. The van der Waals surface area contributed by atoms with Crippen molar-refractivity contribution in [3.05, 3.63) is 65.5 Å². The van der Waals surface area contributed by atoms with E-state index in [9.17, 15) is 24.3 Å². The van der Waals surface area contributed by atoms with Gasteiger partial charge in [-0.05, 0) is 36.5 Å². The molecule has 3 atom stereocenters. The summed E-state index contributed by atoms with van der Waals surface area (Å²) in [5.41, 5.74) is 17.2. The van der Waals surface area contributed by atoms with Gasteiger partial charge in [-0.1, -0.05) is 224 Å². The average molecular weight is 1100 g/mol. The Balaban J connectivity index is 1.20. The third-order valence-corrected chi connectivity index (χ3v) is 16.2. The highest BCUT2D eigenvalue weighted by Crippen LogP contribution is 2.30. The molecule has 0 radical (unpaired) electrons. The van der Waals surface area contributed by atoms with E-state index in [4.69, 9.17) is 25.9 Å². The van der Waals surface area contributed by atoms with Crippen LogP contribution in [0.1, 0.15) is 237 Å². The second kappa shape index (κ2) is 40.6. The maximum atomic E-state index is 13.4. The van der Waals surface area contributed by atoms with Crippen molar-refractivity contribution in [1.82, 2.24) is 19.9 Å². The second-order valence-electron chi connectivity index (χ2n) is 21.9. The van der Waals surface area contributed by atoms with Crippen LogP contribution >= 0.6 is 11.8 Å². The number of thioether (sulfide) groups is 1. The van der Waals surface area contributed by atoms with E-state index >= 15 is 0 Å². The minimum absolute atomic E-state index is 0.0556. The molecule has 0 aliphatic carbocycles. The van der Waals surface area contributed by atoms with Gasteiger partial charge < -0.3 is 35.9 Å². The lowest BCUT2D eigenvalue weighted by Crippen LogP contribution is -2.39. The lowest BCUT2D eigenvalue weighted by Gasteiger charge is -2.20. The molecule has 0 saturated carbocycles. The highest BCUT2D eigenvalue weighted by molar-refractivity contribution is 7.99. The number of ether oxygens (including phenoxy) is 2. The molecule has 4 aromatic rings. The molecule has 2 aromatic carbocycles. The van der Waals surface area contributed by atoms with E-state index in [1.165, 1.54) is 140 Å². The molecular formula is C64H102N6O7S. The summed E-state index contributed by atoms with van der Waals surface area (Å²) in [5, 5.41) is 14.1. The number of aryl methyl sites for hydroxylation is 1. The Labute approximate surface area is 473 Å². The van der Waals surface area contributed by atoms with Crippen LogP contribution in [0, 0.1) is 5.92 Å². The van der Waals surface area contributed by atoms with E-state index in [1.54, 1.807) is 0 Å². The number of ketones is 1. The topological polar surface area (TPSA) is 202 Å². The Bertz CT molecular complexity index is 2290. The first-order valence-electron chi connectivity index (χ1n) is 30.8. The summed E-state index contributed by atoms with van der Waals surface area (Å²) in [6.45, 7) is 6.91. The highest BCUT2D eigenvalue weighted by Gasteiger charge is 2.26. The molecule has 1 amide bonds. The monoisotopic (exact) mass is 1100 g/mol. The molecule has 14 heteroatoms. The number of aliphatic hydroxyl groups excluding tert-OH is 1. The zero-order valence-electron chi connectivity index (χ0n) is 48.5. The number of fused-ring (bicyclic) bond motifs is 3. The molecule has 6 N–H and O–H groups in total. The molecule has 13 nitrogen and oxygen atoms in total. The molecular weight excluding hydrogens is 997 g/mol. The van der Waals surface area contributed by atoms with Gasteiger partial charge in [0.1, 0.15) is 24.1 Å². The van der Waals surface area contributed by atoms with Crippen LogP contribution in [0.3, 0.4) is 0 Å². The number of carbonyl (C=O) groups excluding carboxylic acids is 4. The molecule has 436 valence electrons. The van der Waals surface area contributed by atoms with Crippen LogP contribution in [0.2, 0.25) is 0 Å². The van der Waals surface area contributed by atoms with Gasteiger partial charge in [0, 0.05) is 55.7 Å². The molecule has 4 rings (SSSR count). The summed E-state index contributed by atoms with van der Waals surface area (Å²) in [5.74, 6) is -0.487. The fourth-order valence-corrected chi connectivity index (χ4v) is 11.1. The van der Waals surface area contributed by atoms with Gasteiger partial charge in [-0.15, -0.1) is 0 Å². The summed E-state index contributed by atoms with van der Waals surface area (Å²) in [7, 11) is 0. The Morgan fingerprint density at radius 3 is 1.71 bits per heavy atom. The number of amides is 1. The van der Waals surface area contributed by atoms with E-state index in [2.05, 4.69) is 41.7 Å². The molecule has 0 spiro atoms. The number of imidazole rings is 1. The number of nitrogens with one attached hydrogen (secondary N) is 1. The van der Waals surface area contributed by atoms with Crippen molar-refractivity contribution in [3.8, 4) is 0 Å². The number of para-hydroxylation sites is 1. The fourth-order valence-electron chi connectivity index (χ4n) is 10.1. The molecule has 0 saturated heterocycles. The number of benzene rings is 2. The minimum atomic E-state index is -0.964. The Hall–Kier alpha value is -4.53. The summed E-state index contributed by atoms with van der Waals surface area (Å²) >= 11 is 1.34. The van der Waals surface area contributed by atoms with Crippen LogP contribution in [0.15, 0.2) is 48.5 Å². The first-order valence-corrected chi connectivity index (χ1v) is 31.9. The van der Waals surface area contributed by atoms with Gasteiger partial charge >= 0.3 is 11.9 Å². The van der Waals surface area contributed by atoms with Crippen molar-refractivity contribution in [2.45, 2.75) is 251 Å². The van der Waals surface area contributed by atoms with Crippen molar-refractivity contribution >= 4 is 63.1 Å². The third kappa shape index (κ3) is 26.2. The lowest BCUT2D eigenvalue weighted by atomic mass is 9.99. The van der Waals surface area contributed by atoms with Gasteiger partial charge in [-0.25, -0.2) is 9.97 Å². The number of nitrogen functional groups attached to an aromatic ring is 1. The van der Waals surface area contributed by atoms with E-state index in [0.717, 1.165) is 91.2 Å². The molecule has 0 bridgehead atoms. The lowest BCUT2D eigenvalue weighted by molar-refractivity contribution is -0.157. The first kappa shape index (κ1) is 66.0. The predicted octanol–water partition coefficient (Wildman–Crippen LogP) is 14.2. The van der Waals surface area contributed by atoms with Crippen molar-refractivity contribution < 1.29 is 33.8 Å². The fraction of sp³-hybridized carbons (Fsp3) is 0.688. The molecule has 0 aliphatic heterocycles. The number of nitrogens with two attached hydrogens (primary N) is 2. The van der Waals surface area contributed by atoms with Crippen LogP contribution < -0.4 is 16.8 Å². The quantitative estimate of drug-likeness (QED) is 0.0241. The van der Waals surface area contributed by atoms with Gasteiger partial charge in [0.15, 0.2) is 11.6 Å². The second-order valence-corrected chi connectivity index (χ2v) is 23.0. The summed E-state index contributed by atoms with van der Waals surface area (Å²) in [4.78, 5) is 62.1. The number of hydrogen-bond acceptors (Lipinski definition) is 12. The largest absolute Gasteiger partial charge is 0.462 e. The van der Waals surface area contributed by atoms with Crippen molar-refractivity contribution in [2.24, 2.45) is 11.7 Å². The zero-order chi connectivity index (χ0) is 56.0. The van der Waals surface area contributed by atoms with Gasteiger partial charge in [0.05, 0.1) is 29.6 Å². The number of unbranched alkanes of at least 4 members (excludes halogenated alkanes) is 25. The molecule has 0 aliphatic rings. The van der Waals surface area contributed by atoms with Crippen LogP contribution in [-0.2, 0) is 48.2 Å². The van der Waals surface area contributed by atoms with Crippen molar-refractivity contribution in [2.75, 3.05) is 30.5 Å². The van der Waals surface area contributed by atoms with Crippen LogP contribution in [0.4, 0.5) is 5.82 Å². The Morgan fingerprint density at radius 2 is 1.15 bits per heavy atom. The van der Waals surface area contributed by atoms with E-state index in [1.807, 2.05) is 42.5 Å². The van der Waals surface area contributed by atoms with E-state index < -0.39 is 30.6 Å². The van der Waals surface area contributed by atoms with Gasteiger partial charge in [0.25, 0.3) is 0 Å². The number of rotatable bonds is 47. The molecule has 78 heavy (non-hydrogen) atoms. The summed E-state index contributed by atoms with van der Waals surface area (Å²) in [6.07, 6.45) is 34.3. The number of hydrogen-bond donors (Lipinski definition) is 4. The molecule has 2 aromatic heterocycles. The standard InChI is InChI=1S/C64H102N6O7S/c1-4-7-10-12-14-16-18-20-22-24-26-28-30-37-59(73)76-47-53(77-60(74)38-31-29-27-25-23-21-19-17-15-13-11-8-5-2)48-78-49-55(65)57(72)43-52(46-71)64(75)67-44-50-39-41-51(42-40-50)45-70-58(36-9-6-3)69-61-62(70)54-34-32-33-35-56(54)68-63(61)66/h32-35,39-42,52-53,55,71H,4-31,36-38,43-49,65H2,1-3H3,(H2,66,68)(H,67,75)/t52-,53-,55+/m1/s1. The van der Waals surface area contributed by atoms with E-state index in [-0.39, 0.29) is 43.0 Å². The molecule has 2 heterocycles. The number of aromatic nitrogens is 3.